The van der Waals surface area contributed by atoms with Crippen molar-refractivity contribution in [3.63, 3.8) is 0 Å². The van der Waals surface area contributed by atoms with Crippen molar-refractivity contribution in [2.45, 2.75) is 0 Å². The Hall–Kier alpha value is -8.58. The molecule has 0 heteroatoms. The number of hydrogen-bond acceptors (Lipinski definition) is 0. The quantitative estimate of drug-likeness (QED) is 0.155. The Morgan fingerprint density at radius 1 is 0.136 bits per heavy atom. The zero-order valence-corrected chi connectivity index (χ0v) is 36.1. The normalized spacial score (nSPS) is 11.9. The highest BCUT2D eigenvalue weighted by Gasteiger charge is 2.19. The molecule has 0 radical (unpaired) electrons. The molecule has 304 valence electrons. The second kappa shape index (κ2) is 14.5. The van der Waals surface area contributed by atoms with E-state index in [0.717, 1.165) is 0 Å². The molecule has 0 N–H and O–H groups in total. The average Bonchev–Trinajstić information content (AvgIpc) is 3.39. The fourth-order valence-corrected chi connectivity index (χ4v) is 11.0. The number of fused-ring (bicyclic) bond motifs is 15. The number of hydrogen-bond donors (Lipinski definition) is 0. The van der Waals surface area contributed by atoms with Crippen molar-refractivity contribution in [1.82, 2.24) is 0 Å². The maximum Gasteiger partial charge on any atom is -0.00139 e. The maximum absolute atomic E-state index is 2.45. The molecule has 0 aliphatic rings. The first kappa shape index (κ1) is 36.9. The Morgan fingerprint density at radius 2 is 0.333 bits per heavy atom. The van der Waals surface area contributed by atoms with Crippen LogP contribution in [-0.4, -0.2) is 0 Å². The Morgan fingerprint density at radius 3 is 0.576 bits per heavy atom. The van der Waals surface area contributed by atoms with Crippen LogP contribution in [0.15, 0.2) is 243 Å². The fourth-order valence-electron chi connectivity index (χ4n) is 11.0. The minimum Gasteiger partial charge on any atom is -0.0616 e. The van der Waals surface area contributed by atoms with E-state index >= 15 is 0 Å². The van der Waals surface area contributed by atoms with Crippen molar-refractivity contribution in [1.29, 1.82) is 0 Å². The van der Waals surface area contributed by atoms with Crippen LogP contribution in [-0.2, 0) is 0 Å². The van der Waals surface area contributed by atoms with E-state index in [9.17, 15) is 0 Å². The lowest BCUT2D eigenvalue weighted by atomic mass is 9.84. The van der Waals surface area contributed by atoms with Crippen LogP contribution < -0.4 is 0 Å². The van der Waals surface area contributed by atoms with Gasteiger partial charge in [-0.05, 0) is 190 Å². The van der Waals surface area contributed by atoms with Gasteiger partial charge in [-0.25, -0.2) is 0 Å². The fraction of sp³-hybridized carbons (Fsp3) is 0. The molecule has 0 heterocycles. The van der Waals surface area contributed by atoms with Gasteiger partial charge in [-0.15, -0.1) is 0 Å². The monoisotopic (exact) mass is 832 g/mol. The first-order valence-electron chi connectivity index (χ1n) is 23.0. The zero-order chi connectivity index (χ0) is 43.3. The topological polar surface area (TPSA) is 0 Å². The number of benzene rings is 14. The van der Waals surface area contributed by atoms with E-state index in [1.54, 1.807) is 0 Å². The molecule has 0 saturated heterocycles. The summed E-state index contributed by atoms with van der Waals surface area (Å²) < 4.78 is 0. The standard InChI is InChI=1S/C66H40/c1-5-13-45-33-49(21-17-41(45)9-1)53-25-29-57-61(37-53)62-38-54(50-22-18-42-10-2-6-14-46(42)34-50)26-30-58(62)66-60-32-28-56(52-24-20-44-12-4-8-16-48(44)36-52)40-64(60)63-39-55(27-31-59(63)65(57)66)51-23-19-43-11-3-7-15-47(43)35-51/h1-40H. The van der Waals surface area contributed by atoms with Crippen molar-refractivity contribution in [2.75, 3.05) is 0 Å². The van der Waals surface area contributed by atoms with Crippen LogP contribution in [0.5, 0.6) is 0 Å². The summed E-state index contributed by atoms with van der Waals surface area (Å²) in [7, 11) is 0. The van der Waals surface area contributed by atoms with Crippen LogP contribution in [0.2, 0.25) is 0 Å². The molecule has 0 aromatic heterocycles. The first-order chi connectivity index (χ1) is 32.7. The third-order valence-corrected chi connectivity index (χ3v) is 14.3. The minimum atomic E-state index is 1.22. The number of rotatable bonds is 4. The molecule has 0 aliphatic carbocycles. The van der Waals surface area contributed by atoms with E-state index in [2.05, 4.69) is 243 Å². The van der Waals surface area contributed by atoms with Crippen molar-refractivity contribution in [2.24, 2.45) is 0 Å². The lowest BCUT2D eigenvalue weighted by molar-refractivity contribution is 1.67. The largest absolute Gasteiger partial charge is 0.0616 e. The predicted octanol–water partition coefficient (Wildman–Crippen LogP) is 18.7. The molecular weight excluding hydrogens is 793 g/mol. The van der Waals surface area contributed by atoms with Gasteiger partial charge in [0.2, 0.25) is 0 Å². The molecule has 0 fully saturated rings. The van der Waals surface area contributed by atoms with E-state index in [1.807, 2.05) is 0 Å². The van der Waals surface area contributed by atoms with Gasteiger partial charge in [0.1, 0.15) is 0 Å². The van der Waals surface area contributed by atoms with Gasteiger partial charge < -0.3 is 0 Å². The highest BCUT2D eigenvalue weighted by molar-refractivity contribution is 6.40. The molecule has 0 nitrogen and oxygen atoms in total. The second-order valence-electron chi connectivity index (χ2n) is 18.0. The molecule has 0 atom stereocenters. The van der Waals surface area contributed by atoms with Gasteiger partial charge in [-0.2, -0.15) is 0 Å². The molecular formula is C66H40. The molecule has 0 amide bonds. The van der Waals surface area contributed by atoms with Crippen LogP contribution in [0.1, 0.15) is 0 Å². The van der Waals surface area contributed by atoms with Gasteiger partial charge in [0.15, 0.2) is 0 Å². The molecule has 0 saturated carbocycles. The molecule has 0 aliphatic heterocycles. The maximum atomic E-state index is 2.45. The molecule has 14 aromatic rings. The van der Waals surface area contributed by atoms with E-state index in [4.69, 9.17) is 0 Å². The Bertz CT molecular complexity index is 3780. The molecule has 0 bridgehead atoms. The van der Waals surface area contributed by atoms with E-state index in [-0.39, 0.29) is 0 Å². The predicted molar refractivity (Wildman–Crippen MR) is 286 cm³/mol. The zero-order valence-electron chi connectivity index (χ0n) is 36.1. The summed E-state index contributed by atoms with van der Waals surface area (Å²) in [4.78, 5) is 0. The molecule has 66 heavy (non-hydrogen) atoms. The smallest absolute Gasteiger partial charge is 0.00139 e. The summed E-state index contributed by atoms with van der Waals surface area (Å²) in [6.07, 6.45) is 0. The summed E-state index contributed by atoms with van der Waals surface area (Å²) in [5, 5.41) is 22.7. The van der Waals surface area contributed by atoms with Crippen LogP contribution in [0, 0.1) is 0 Å². The SMILES string of the molecule is c1ccc2cc(-c3ccc4c(c3)c3cc(-c5ccc6ccccc6c5)ccc3c3c5ccc(-c6ccc7ccccc7c6)cc5c5cc(-c6ccc7ccccc7c6)ccc5c43)ccc2c1. The summed E-state index contributed by atoms with van der Waals surface area (Å²) in [6.45, 7) is 0. The summed E-state index contributed by atoms with van der Waals surface area (Å²) in [5.41, 5.74) is 9.75. The van der Waals surface area contributed by atoms with Crippen molar-refractivity contribution in [3.05, 3.63) is 243 Å². The van der Waals surface area contributed by atoms with Gasteiger partial charge in [0.05, 0.1) is 0 Å². The third-order valence-electron chi connectivity index (χ3n) is 14.3. The lowest BCUT2D eigenvalue weighted by Gasteiger charge is -2.19. The van der Waals surface area contributed by atoms with E-state index in [0.29, 0.717) is 0 Å². The summed E-state index contributed by atoms with van der Waals surface area (Å²) in [5.74, 6) is 0. The Labute approximate surface area is 382 Å². The lowest BCUT2D eigenvalue weighted by Crippen LogP contribution is -1.91. The van der Waals surface area contributed by atoms with E-state index in [1.165, 1.54) is 141 Å². The van der Waals surface area contributed by atoms with Crippen LogP contribution in [0.4, 0.5) is 0 Å². The van der Waals surface area contributed by atoms with Crippen LogP contribution in [0.3, 0.4) is 0 Å². The van der Waals surface area contributed by atoms with Crippen molar-refractivity contribution in [3.8, 4) is 44.5 Å². The van der Waals surface area contributed by atoms with Gasteiger partial charge >= 0.3 is 0 Å². The minimum absolute atomic E-state index is 1.22. The van der Waals surface area contributed by atoms with Crippen LogP contribution in [0.25, 0.3) is 141 Å². The summed E-state index contributed by atoms with van der Waals surface area (Å²) >= 11 is 0. The highest BCUT2D eigenvalue weighted by atomic mass is 14.2. The van der Waals surface area contributed by atoms with E-state index < -0.39 is 0 Å². The first-order valence-corrected chi connectivity index (χ1v) is 23.0. The average molecular weight is 833 g/mol. The highest BCUT2D eigenvalue weighted by Crippen LogP contribution is 2.47. The molecule has 0 unspecified atom stereocenters. The van der Waals surface area contributed by atoms with Gasteiger partial charge in [-0.3, -0.25) is 0 Å². The Kier molecular flexibility index (Phi) is 8.08. The second-order valence-corrected chi connectivity index (χ2v) is 18.0. The molecule has 0 spiro atoms. The summed E-state index contributed by atoms with van der Waals surface area (Å²) in [6, 6.07) is 90.9. The van der Waals surface area contributed by atoms with Gasteiger partial charge in [0.25, 0.3) is 0 Å². The van der Waals surface area contributed by atoms with Gasteiger partial charge in [-0.1, -0.05) is 194 Å². The molecule has 14 rings (SSSR count). The van der Waals surface area contributed by atoms with Crippen LogP contribution >= 0.6 is 0 Å². The van der Waals surface area contributed by atoms with Gasteiger partial charge in [0, 0.05) is 0 Å². The van der Waals surface area contributed by atoms with Crippen molar-refractivity contribution >= 4 is 97.0 Å². The van der Waals surface area contributed by atoms with Crippen molar-refractivity contribution < 1.29 is 0 Å². The Balaban J connectivity index is 1.09. The third kappa shape index (κ3) is 5.86. The molecule has 14 aromatic carbocycles.